The molecule has 2 heterocycles. The van der Waals surface area contributed by atoms with Crippen LogP contribution in [-0.4, -0.2) is 86.6 Å². The van der Waals surface area contributed by atoms with E-state index in [9.17, 15) is 4.79 Å². The summed E-state index contributed by atoms with van der Waals surface area (Å²) in [5.74, 6) is 0.294. The maximum Gasteiger partial charge on any atom is 0.236 e. The Bertz CT molecular complexity index is 581. The van der Waals surface area contributed by atoms with Crippen molar-refractivity contribution in [3.63, 3.8) is 0 Å². The first kappa shape index (κ1) is 18.2. The fourth-order valence-corrected chi connectivity index (χ4v) is 3.98. The molecule has 1 aromatic carbocycles. The first-order chi connectivity index (χ1) is 12.1. The highest BCUT2D eigenvalue weighted by atomic mass is 16.2. The number of benzene rings is 1. The number of hydrogen-bond acceptors (Lipinski definition) is 4. The second-order valence-electron chi connectivity index (χ2n) is 7.49. The molecule has 3 rings (SSSR count). The van der Waals surface area contributed by atoms with Crippen molar-refractivity contribution in [1.82, 2.24) is 14.7 Å². The number of para-hydroxylation sites is 1. The monoisotopic (exact) mass is 344 g/mol. The topological polar surface area (TPSA) is 30.0 Å². The quantitative estimate of drug-likeness (QED) is 0.810. The van der Waals surface area contributed by atoms with Crippen LogP contribution in [0.2, 0.25) is 0 Å². The van der Waals surface area contributed by atoms with E-state index in [0.29, 0.717) is 18.5 Å². The summed E-state index contributed by atoms with van der Waals surface area (Å²) in [6.07, 6.45) is 2.22. The minimum Gasteiger partial charge on any atom is -0.368 e. The molecule has 0 spiro atoms. The highest BCUT2D eigenvalue weighted by Gasteiger charge is 2.28. The minimum atomic E-state index is 0.294. The van der Waals surface area contributed by atoms with Crippen LogP contribution in [0.3, 0.4) is 0 Å². The summed E-state index contributed by atoms with van der Waals surface area (Å²) in [6, 6.07) is 9.23. The Morgan fingerprint density at radius 2 is 1.84 bits per heavy atom. The third-order valence-corrected chi connectivity index (χ3v) is 5.68. The zero-order chi connectivity index (χ0) is 17.8. The Morgan fingerprint density at radius 3 is 2.48 bits per heavy atom. The summed E-state index contributed by atoms with van der Waals surface area (Å²) in [7, 11) is 4.26. The molecule has 25 heavy (non-hydrogen) atoms. The first-order valence-electron chi connectivity index (χ1n) is 9.58. The SMILES string of the molecule is CCc1ccccc1N1CCN(C(=O)CN2CC[C@@H](N(C)C)C2)CC1. The maximum atomic E-state index is 12.6. The average molecular weight is 345 g/mol. The number of rotatable bonds is 5. The van der Waals surface area contributed by atoms with Gasteiger partial charge in [0.05, 0.1) is 6.54 Å². The molecule has 0 aliphatic carbocycles. The molecule has 1 amide bonds. The zero-order valence-electron chi connectivity index (χ0n) is 15.9. The highest BCUT2D eigenvalue weighted by molar-refractivity contribution is 5.78. The van der Waals surface area contributed by atoms with Crippen LogP contribution in [0.25, 0.3) is 0 Å². The fraction of sp³-hybridized carbons (Fsp3) is 0.650. The Kier molecular flexibility index (Phi) is 5.97. The molecule has 2 aliphatic heterocycles. The van der Waals surface area contributed by atoms with Gasteiger partial charge in [0, 0.05) is 51.0 Å². The Labute approximate surface area is 152 Å². The number of nitrogens with zero attached hydrogens (tertiary/aromatic N) is 4. The predicted molar refractivity (Wildman–Crippen MR) is 103 cm³/mol. The zero-order valence-corrected chi connectivity index (χ0v) is 15.9. The summed E-state index contributed by atoms with van der Waals surface area (Å²) in [5.41, 5.74) is 2.74. The van der Waals surface area contributed by atoms with Gasteiger partial charge in [-0.3, -0.25) is 9.69 Å². The molecule has 1 aromatic rings. The molecule has 138 valence electrons. The van der Waals surface area contributed by atoms with Crippen molar-refractivity contribution in [1.29, 1.82) is 0 Å². The van der Waals surface area contributed by atoms with Crippen LogP contribution in [0.1, 0.15) is 18.9 Å². The van der Waals surface area contributed by atoms with Crippen molar-refractivity contribution in [3.8, 4) is 0 Å². The number of hydrogen-bond donors (Lipinski definition) is 0. The number of likely N-dealkylation sites (N-methyl/N-ethyl adjacent to an activating group) is 1. The molecule has 2 saturated heterocycles. The number of aryl methyl sites for hydroxylation is 1. The lowest BCUT2D eigenvalue weighted by atomic mass is 10.1. The van der Waals surface area contributed by atoms with Crippen molar-refractivity contribution in [2.24, 2.45) is 0 Å². The highest BCUT2D eigenvalue weighted by Crippen LogP contribution is 2.22. The van der Waals surface area contributed by atoms with Gasteiger partial charge < -0.3 is 14.7 Å². The molecule has 0 unspecified atom stereocenters. The Balaban J connectivity index is 1.50. The third-order valence-electron chi connectivity index (χ3n) is 5.68. The second-order valence-corrected chi connectivity index (χ2v) is 7.49. The number of anilines is 1. The smallest absolute Gasteiger partial charge is 0.236 e. The molecule has 5 nitrogen and oxygen atoms in total. The molecular weight excluding hydrogens is 312 g/mol. The van der Waals surface area contributed by atoms with Gasteiger partial charge >= 0.3 is 0 Å². The standard InChI is InChI=1S/C20H32N4O/c1-4-17-7-5-6-8-19(17)23-11-13-24(14-12-23)20(25)16-22-10-9-18(15-22)21(2)3/h5-8,18H,4,9-16H2,1-3H3/t18-/m1/s1. The lowest BCUT2D eigenvalue weighted by Gasteiger charge is -2.37. The molecule has 0 N–H and O–H groups in total. The minimum absolute atomic E-state index is 0.294. The Hall–Kier alpha value is -1.59. The third kappa shape index (κ3) is 4.33. The number of piperazine rings is 1. The predicted octanol–water partition coefficient (Wildman–Crippen LogP) is 1.53. The van der Waals surface area contributed by atoms with Crippen LogP contribution in [0.4, 0.5) is 5.69 Å². The Morgan fingerprint density at radius 1 is 1.12 bits per heavy atom. The number of carbonyl (C=O) groups excluding carboxylic acids is 1. The maximum absolute atomic E-state index is 12.6. The second kappa shape index (κ2) is 8.19. The molecule has 0 aromatic heterocycles. The average Bonchev–Trinajstić information content (AvgIpc) is 3.10. The van der Waals surface area contributed by atoms with Crippen molar-refractivity contribution in [3.05, 3.63) is 29.8 Å². The summed E-state index contributed by atoms with van der Waals surface area (Å²) in [4.78, 5) is 21.7. The van der Waals surface area contributed by atoms with Gasteiger partial charge in [-0.15, -0.1) is 0 Å². The molecular formula is C20H32N4O. The number of likely N-dealkylation sites (tertiary alicyclic amines) is 1. The van der Waals surface area contributed by atoms with E-state index in [1.807, 2.05) is 4.90 Å². The van der Waals surface area contributed by atoms with Crippen molar-refractivity contribution >= 4 is 11.6 Å². The molecule has 0 bridgehead atoms. The number of carbonyl (C=O) groups is 1. The molecule has 2 aliphatic rings. The normalized spacial score (nSPS) is 22.0. The van der Waals surface area contributed by atoms with Crippen LogP contribution in [0, 0.1) is 0 Å². The van der Waals surface area contributed by atoms with Gasteiger partial charge in [-0.25, -0.2) is 0 Å². The van der Waals surface area contributed by atoms with Gasteiger partial charge in [0.1, 0.15) is 0 Å². The van der Waals surface area contributed by atoms with Crippen molar-refractivity contribution in [2.45, 2.75) is 25.8 Å². The summed E-state index contributed by atoms with van der Waals surface area (Å²) in [5, 5.41) is 0. The van der Waals surface area contributed by atoms with E-state index in [2.05, 4.69) is 60.0 Å². The first-order valence-corrected chi connectivity index (χ1v) is 9.58. The lowest BCUT2D eigenvalue weighted by Crippen LogP contribution is -2.51. The van der Waals surface area contributed by atoms with E-state index in [1.54, 1.807) is 0 Å². The number of amides is 1. The van der Waals surface area contributed by atoms with Gasteiger partial charge in [0.25, 0.3) is 0 Å². The molecule has 0 saturated carbocycles. The van der Waals surface area contributed by atoms with Crippen molar-refractivity contribution < 1.29 is 4.79 Å². The molecule has 0 radical (unpaired) electrons. The van der Waals surface area contributed by atoms with Crippen LogP contribution < -0.4 is 4.90 Å². The van der Waals surface area contributed by atoms with Gasteiger partial charge in [0.2, 0.25) is 5.91 Å². The van der Waals surface area contributed by atoms with E-state index in [0.717, 1.165) is 45.7 Å². The lowest BCUT2D eigenvalue weighted by molar-refractivity contribution is -0.132. The van der Waals surface area contributed by atoms with E-state index < -0.39 is 0 Å². The van der Waals surface area contributed by atoms with E-state index in [1.165, 1.54) is 17.7 Å². The van der Waals surface area contributed by atoms with Gasteiger partial charge in [-0.05, 0) is 38.6 Å². The summed E-state index contributed by atoms with van der Waals surface area (Å²) in [6.45, 7) is 8.38. The van der Waals surface area contributed by atoms with Crippen LogP contribution in [0.5, 0.6) is 0 Å². The van der Waals surface area contributed by atoms with Crippen LogP contribution in [-0.2, 0) is 11.2 Å². The largest absolute Gasteiger partial charge is 0.368 e. The molecule has 2 fully saturated rings. The fourth-order valence-electron chi connectivity index (χ4n) is 3.98. The molecule has 1 atom stereocenters. The summed E-state index contributed by atoms with van der Waals surface area (Å²) < 4.78 is 0. The van der Waals surface area contributed by atoms with E-state index >= 15 is 0 Å². The summed E-state index contributed by atoms with van der Waals surface area (Å²) >= 11 is 0. The van der Waals surface area contributed by atoms with Gasteiger partial charge in [-0.2, -0.15) is 0 Å². The van der Waals surface area contributed by atoms with Gasteiger partial charge in [-0.1, -0.05) is 25.1 Å². The van der Waals surface area contributed by atoms with Gasteiger partial charge in [0.15, 0.2) is 0 Å². The van der Waals surface area contributed by atoms with E-state index in [4.69, 9.17) is 0 Å². The van der Waals surface area contributed by atoms with Crippen molar-refractivity contribution in [2.75, 3.05) is 64.8 Å². The van der Waals surface area contributed by atoms with Crippen LogP contribution >= 0.6 is 0 Å². The van der Waals surface area contributed by atoms with Crippen LogP contribution in [0.15, 0.2) is 24.3 Å². The molecule has 5 heteroatoms. The van der Waals surface area contributed by atoms with E-state index in [-0.39, 0.29) is 0 Å².